The molecule has 2 rings (SSSR count). The van der Waals surface area contributed by atoms with E-state index in [0.717, 1.165) is 18.0 Å². The first-order chi connectivity index (χ1) is 9.06. The predicted molar refractivity (Wildman–Crippen MR) is 83.6 cm³/mol. The Bertz CT molecular complexity index is 526. The standard InChI is InChI=1S/C18H23N/c1-13(2)18(17-8-9-17)12-19-15(4)11-16-7-5-6-14(3)10-16/h5-7,10,12,17H,4,8-9,11H2,1-3H3. The summed E-state index contributed by atoms with van der Waals surface area (Å²) in [4.78, 5) is 4.55. The average molecular weight is 253 g/mol. The van der Waals surface area contributed by atoms with Gasteiger partial charge in [0.05, 0.1) is 0 Å². The van der Waals surface area contributed by atoms with Crippen LogP contribution in [-0.4, -0.2) is 6.21 Å². The quantitative estimate of drug-likeness (QED) is 0.664. The van der Waals surface area contributed by atoms with Crippen LogP contribution in [0.15, 0.2) is 52.7 Å². The van der Waals surface area contributed by atoms with E-state index in [1.807, 2.05) is 6.21 Å². The molecule has 0 spiro atoms. The molecule has 100 valence electrons. The van der Waals surface area contributed by atoms with E-state index in [1.165, 1.54) is 35.1 Å². The minimum absolute atomic E-state index is 0.750. The zero-order valence-electron chi connectivity index (χ0n) is 12.2. The monoisotopic (exact) mass is 253 g/mol. The number of rotatable bonds is 5. The minimum Gasteiger partial charge on any atom is -0.261 e. The van der Waals surface area contributed by atoms with Gasteiger partial charge in [0.25, 0.3) is 0 Å². The lowest BCUT2D eigenvalue weighted by molar-refractivity contribution is 1.04. The third kappa shape index (κ3) is 4.20. The number of hydrogen-bond acceptors (Lipinski definition) is 1. The van der Waals surface area contributed by atoms with Crippen LogP contribution in [0.5, 0.6) is 0 Å². The maximum Gasteiger partial charge on any atom is 0.0375 e. The summed E-state index contributed by atoms with van der Waals surface area (Å²) in [6.45, 7) is 10.5. The van der Waals surface area contributed by atoms with Crippen LogP contribution in [0.25, 0.3) is 0 Å². The van der Waals surface area contributed by atoms with Crippen LogP contribution in [0.1, 0.15) is 37.8 Å². The number of aryl methyl sites for hydroxylation is 1. The van der Waals surface area contributed by atoms with Gasteiger partial charge in [0.15, 0.2) is 0 Å². The Balaban J connectivity index is 1.99. The molecule has 0 amide bonds. The summed E-state index contributed by atoms with van der Waals surface area (Å²) in [6.07, 6.45) is 5.50. The number of nitrogens with zero attached hydrogens (tertiary/aromatic N) is 1. The van der Waals surface area contributed by atoms with E-state index >= 15 is 0 Å². The topological polar surface area (TPSA) is 12.4 Å². The van der Waals surface area contributed by atoms with Crippen LogP contribution >= 0.6 is 0 Å². The third-order valence-corrected chi connectivity index (χ3v) is 3.47. The van der Waals surface area contributed by atoms with Crippen molar-refractivity contribution in [2.45, 2.75) is 40.0 Å². The number of allylic oxidation sites excluding steroid dienone is 3. The molecule has 0 radical (unpaired) electrons. The maximum atomic E-state index is 4.55. The van der Waals surface area contributed by atoms with Crippen LogP contribution in [0, 0.1) is 12.8 Å². The fraction of sp³-hybridized carbons (Fsp3) is 0.389. The maximum absolute atomic E-state index is 4.55. The smallest absolute Gasteiger partial charge is 0.0375 e. The Morgan fingerprint density at radius 2 is 2.11 bits per heavy atom. The molecule has 0 N–H and O–H groups in total. The van der Waals surface area contributed by atoms with Gasteiger partial charge >= 0.3 is 0 Å². The highest BCUT2D eigenvalue weighted by Gasteiger charge is 2.25. The van der Waals surface area contributed by atoms with E-state index in [2.05, 4.69) is 56.6 Å². The zero-order chi connectivity index (χ0) is 13.8. The van der Waals surface area contributed by atoms with Gasteiger partial charge in [-0.3, -0.25) is 4.99 Å². The molecule has 19 heavy (non-hydrogen) atoms. The summed E-state index contributed by atoms with van der Waals surface area (Å²) in [5.74, 6) is 0.750. The molecule has 1 aromatic carbocycles. The second-order valence-electron chi connectivity index (χ2n) is 5.72. The van der Waals surface area contributed by atoms with Gasteiger partial charge in [-0.2, -0.15) is 0 Å². The molecule has 0 aromatic heterocycles. The molecule has 0 unspecified atom stereocenters. The van der Waals surface area contributed by atoms with Crippen LogP contribution < -0.4 is 0 Å². The SMILES string of the molecule is C=C(Cc1cccc(C)c1)N=CC(=C(C)C)C1CC1. The van der Waals surface area contributed by atoms with Gasteiger partial charge in [-0.05, 0) is 50.7 Å². The van der Waals surface area contributed by atoms with Gasteiger partial charge in [-0.1, -0.05) is 42.0 Å². The molecule has 1 fully saturated rings. The molecule has 1 aliphatic rings. The first kappa shape index (κ1) is 13.8. The van der Waals surface area contributed by atoms with Crippen LogP contribution in [0.4, 0.5) is 0 Å². The molecule has 1 saturated carbocycles. The second kappa shape index (κ2) is 6.01. The van der Waals surface area contributed by atoms with Crippen molar-refractivity contribution in [3.8, 4) is 0 Å². The Hall–Kier alpha value is -1.63. The lowest BCUT2D eigenvalue weighted by Crippen LogP contribution is -1.93. The first-order valence-electron chi connectivity index (χ1n) is 7.01. The van der Waals surface area contributed by atoms with Crippen LogP contribution in [0.3, 0.4) is 0 Å². The summed E-state index contributed by atoms with van der Waals surface area (Å²) in [5, 5.41) is 0. The first-order valence-corrected chi connectivity index (χ1v) is 7.01. The summed E-state index contributed by atoms with van der Waals surface area (Å²) < 4.78 is 0. The largest absolute Gasteiger partial charge is 0.261 e. The highest BCUT2D eigenvalue weighted by Crippen LogP contribution is 2.37. The van der Waals surface area contributed by atoms with Gasteiger partial charge < -0.3 is 0 Å². The number of benzene rings is 1. The molecule has 1 aromatic rings. The zero-order valence-corrected chi connectivity index (χ0v) is 12.2. The highest BCUT2D eigenvalue weighted by molar-refractivity contribution is 5.81. The number of aliphatic imine (C=N–C) groups is 1. The Morgan fingerprint density at radius 3 is 2.68 bits per heavy atom. The van der Waals surface area contributed by atoms with E-state index in [9.17, 15) is 0 Å². The number of hydrogen-bond donors (Lipinski definition) is 0. The Labute approximate surface area is 116 Å². The Morgan fingerprint density at radius 1 is 1.37 bits per heavy atom. The summed E-state index contributed by atoms with van der Waals surface area (Å²) in [5.41, 5.74) is 6.30. The van der Waals surface area contributed by atoms with E-state index in [1.54, 1.807) is 0 Å². The van der Waals surface area contributed by atoms with E-state index in [4.69, 9.17) is 0 Å². The van der Waals surface area contributed by atoms with Crippen molar-refractivity contribution in [3.63, 3.8) is 0 Å². The molecule has 0 aliphatic heterocycles. The van der Waals surface area contributed by atoms with Crippen molar-refractivity contribution >= 4 is 6.21 Å². The normalized spacial score (nSPS) is 14.7. The van der Waals surface area contributed by atoms with Gasteiger partial charge in [0, 0.05) is 18.3 Å². The van der Waals surface area contributed by atoms with E-state index in [-0.39, 0.29) is 0 Å². The highest BCUT2D eigenvalue weighted by atomic mass is 14.7. The predicted octanol–water partition coefficient (Wildman–Crippen LogP) is 4.87. The molecule has 0 heterocycles. The lowest BCUT2D eigenvalue weighted by Gasteiger charge is -2.04. The molecular formula is C18H23N. The second-order valence-corrected chi connectivity index (χ2v) is 5.72. The fourth-order valence-electron chi connectivity index (χ4n) is 2.30. The van der Waals surface area contributed by atoms with Crippen molar-refractivity contribution in [2.24, 2.45) is 10.9 Å². The molecule has 0 saturated heterocycles. The molecular weight excluding hydrogens is 230 g/mol. The minimum atomic E-state index is 0.750. The molecule has 0 bridgehead atoms. The summed E-state index contributed by atoms with van der Waals surface area (Å²) in [7, 11) is 0. The molecule has 1 aliphatic carbocycles. The van der Waals surface area contributed by atoms with E-state index < -0.39 is 0 Å². The van der Waals surface area contributed by atoms with Crippen molar-refractivity contribution in [2.75, 3.05) is 0 Å². The van der Waals surface area contributed by atoms with Crippen molar-refractivity contribution in [3.05, 3.63) is 58.8 Å². The van der Waals surface area contributed by atoms with Gasteiger partial charge in [0.1, 0.15) is 0 Å². The van der Waals surface area contributed by atoms with Crippen molar-refractivity contribution in [1.82, 2.24) is 0 Å². The van der Waals surface area contributed by atoms with Crippen LogP contribution in [-0.2, 0) is 6.42 Å². The van der Waals surface area contributed by atoms with Crippen LogP contribution in [0.2, 0.25) is 0 Å². The van der Waals surface area contributed by atoms with Gasteiger partial charge in [0.2, 0.25) is 0 Å². The summed E-state index contributed by atoms with van der Waals surface area (Å²) in [6, 6.07) is 8.54. The average Bonchev–Trinajstić information content (AvgIpc) is 3.13. The van der Waals surface area contributed by atoms with Crippen molar-refractivity contribution < 1.29 is 0 Å². The molecule has 1 nitrogen and oxygen atoms in total. The van der Waals surface area contributed by atoms with Gasteiger partial charge in [-0.25, -0.2) is 0 Å². The van der Waals surface area contributed by atoms with Crippen molar-refractivity contribution in [1.29, 1.82) is 0 Å². The lowest BCUT2D eigenvalue weighted by atomic mass is 10.1. The summed E-state index contributed by atoms with van der Waals surface area (Å²) >= 11 is 0. The fourth-order valence-corrected chi connectivity index (χ4v) is 2.30. The molecule has 1 heteroatoms. The Kier molecular flexibility index (Phi) is 4.36. The van der Waals surface area contributed by atoms with E-state index in [0.29, 0.717) is 0 Å². The third-order valence-electron chi connectivity index (χ3n) is 3.47. The molecule has 0 atom stereocenters. The van der Waals surface area contributed by atoms with Gasteiger partial charge in [-0.15, -0.1) is 0 Å².